The Kier molecular flexibility index (Phi) is 5.60. The molecule has 1 aromatic heterocycles. The molecule has 0 aliphatic carbocycles. The van der Waals surface area contributed by atoms with Crippen LogP contribution in [0.1, 0.15) is 25.0 Å². The molecule has 2 N–H and O–H groups in total. The van der Waals surface area contributed by atoms with Gasteiger partial charge in [0.2, 0.25) is 5.91 Å². The minimum Gasteiger partial charge on any atom is -0.342 e. The van der Waals surface area contributed by atoms with Gasteiger partial charge in [0.1, 0.15) is 5.82 Å². The van der Waals surface area contributed by atoms with E-state index in [-0.39, 0.29) is 18.1 Å². The Balaban J connectivity index is 1.51. The van der Waals surface area contributed by atoms with Gasteiger partial charge in [-0.15, -0.1) is 11.3 Å². The SMILES string of the molecule is O=C(Nc1ccc(F)cc1)Nc1nc(CC(=O)N2CCCCC2)cs1. The van der Waals surface area contributed by atoms with Crippen molar-refractivity contribution in [2.24, 2.45) is 0 Å². The molecule has 0 radical (unpaired) electrons. The number of amides is 3. The molecule has 1 saturated heterocycles. The van der Waals surface area contributed by atoms with Crippen molar-refractivity contribution in [1.29, 1.82) is 0 Å². The predicted octanol–water partition coefficient (Wildman–Crippen LogP) is 3.48. The van der Waals surface area contributed by atoms with Crippen LogP contribution >= 0.6 is 11.3 Å². The molecule has 0 spiro atoms. The second-order valence-corrected chi connectivity index (χ2v) is 6.71. The second-order valence-electron chi connectivity index (χ2n) is 5.85. The molecule has 132 valence electrons. The van der Waals surface area contributed by atoms with Gasteiger partial charge in [-0.1, -0.05) is 0 Å². The highest BCUT2D eigenvalue weighted by Crippen LogP contribution is 2.18. The zero-order chi connectivity index (χ0) is 17.6. The van der Waals surface area contributed by atoms with Crippen LogP contribution in [-0.4, -0.2) is 34.9 Å². The molecule has 1 aliphatic rings. The van der Waals surface area contributed by atoms with Crippen molar-refractivity contribution in [3.05, 3.63) is 41.2 Å². The first-order valence-electron chi connectivity index (χ1n) is 8.16. The number of rotatable bonds is 4. The van der Waals surface area contributed by atoms with Crippen LogP contribution in [0.3, 0.4) is 0 Å². The van der Waals surface area contributed by atoms with Crippen LogP contribution in [-0.2, 0) is 11.2 Å². The molecule has 0 atom stereocenters. The van der Waals surface area contributed by atoms with E-state index in [1.54, 1.807) is 5.38 Å². The van der Waals surface area contributed by atoms with Crippen LogP contribution in [0.5, 0.6) is 0 Å². The number of carbonyl (C=O) groups is 2. The summed E-state index contributed by atoms with van der Waals surface area (Å²) in [4.78, 5) is 30.3. The van der Waals surface area contributed by atoms with Gasteiger partial charge >= 0.3 is 6.03 Å². The summed E-state index contributed by atoms with van der Waals surface area (Å²) in [6.45, 7) is 1.63. The summed E-state index contributed by atoms with van der Waals surface area (Å²) in [5.41, 5.74) is 1.13. The molecule has 3 rings (SSSR count). The number of likely N-dealkylation sites (tertiary alicyclic amines) is 1. The van der Waals surface area contributed by atoms with E-state index in [1.165, 1.54) is 42.0 Å². The Bertz CT molecular complexity index is 741. The van der Waals surface area contributed by atoms with Crippen LogP contribution in [0, 0.1) is 5.82 Å². The zero-order valence-corrected chi connectivity index (χ0v) is 14.4. The number of nitrogens with zero attached hydrogens (tertiary/aromatic N) is 2. The summed E-state index contributed by atoms with van der Waals surface area (Å²) in [6.07, 6.45) is 3.54. The molecular weight excluding hydrogens is 343 g/mol. The van der Waals surface area contributed by atoms with E-state index < -0.39 is 6.03 Å². The van der Waals surface area contributed by atoms with Gasteiger partial charge in [-0.2, -0.15) is 0 Å². The molecule has 3 amide bonds. The summed E-state index contributed by atoms with van der Waals surface area (Å²) < 4.78 is 12.8. The number of nitrogens with one attached hydrogen (secondary N) is 2. The number of hydrogen-bond donors (Lipinski definition) is 2. The Morgan fingerprint density at radius 3 is 2.56 bits per heavy atom. The quantitative estimate of drug-likeness (QED) is 0.874. The average Bonchev–Trinajstić information content (AvgIpc) is 3.04. The fourth-order valence-electron chi connectivity index (χ4n) is 2.65. The molecule has 0 unspecified atom stereocenters. The molecule has 2 heterocycles. The number of benzene rings is 1. The first kappa shape index (κ1) is 17.3. The molecule has 0 saturated carbocycles. The Labute approximate surface area is 149 Å². The van der Waals surface area contributed by atoms with E-state index in [9.17, 15) is 14.0 Å². The standard InChI is InChI=1S/C17H19FN4O2S/c18-12-4-6-13(7-5-12)19-16(24)21-17-20-14(11-25-17)10-15(23)22-8-2-1-3-9-22/h4-7,11H,1-3,8-10H2,(H2,19,20,21,24). The number of anilines is 2. The first-order chi connectivity index (χ1) is 12.1. The number of carbonyl (C=O) groups excluding carboxylic acids is 2. The maximum Gasteiger partial charge on any atom is 0.325 e. The van der Waals surface area contributed by atoms with Crippen molar-refractivity contribution in [3.63, 3.8) is 0 Å². The van der Waals surface area contributed by atoms with Crippen molar-refractivity contribution in [2.45, 2.75) is 25.7 Å². The minimum absolute atomic E-state index is 0.0762. The van der Waals surface area contributed by atoms with Gasteiger partial charge in [0.05, 0.1) is 12.1 Å². The van der Waals surface area contributed by atoms with Crippen LogP contribution in [0.15, 0.2) is 29.6 Å². The third-order valence-corrected chi connectivity index (χ3v) is 4.72. The fourth-order valence-corrected chi connectivity index (χ4v) is 3.35. The van der Waals surface area contributed by atoms with Gasteiger partial charge in [0.15, 0.2) is 5.13 Å². The lowest BCUT2D eigenvalue weighted by molar-refractivity contribution is -0.131. The van der Waals surface area contributed by atoms with E-state index in [0.717, 1.165) is 25.9 Å². The highest BCUT2D eigenvalue weighted by molar-refractivity contribution is 7.14. The van der Waals surface area contributed by atoms with Crippen LogP contribution < -0.4 is 10.6 Å². The number of aromatic nitrogens is 1. The maximum absolute atomic E-state index is 12.8. The monoisotopic (exact) mass is 362 g/mol. The molecule has 1 fully saturated rings. The van der Waals surface area contributed by atoms with Gasteiger partial charge in [-0.25, -0.2) is 14.2 Å². The van der Waals surface area contributed by atoms with Crippen molar-refractivity contribution < 1.29 is 14.0 Å². The van der Waals surface area contributed by atoms with E-state index in [1.807, 2.05) is 4.90 Å². The number of thiazole rings is 1. The molecule has 0 bridgehead atoms. The molecule has 25 heavy (non-hydrogen) atoms. The molecule has 1 aliphatic heterocycles. The first-order valence-corrected chi connectivity index (χ1v) is 9.04. The summed E-state index contributed by atoms with van der Waals surface area (Å²) in [7, 11) is 0. The lowest BCUT2D eigenvalue weighted by Gasteiger charge is -2.26. The molecule has 6 nitrogen and oxygen atoms in total. The third-order valence-electron chi connectivity index (χ3n) is 3.92. The van der Waals surface area contributed by atoms with Crippen molar-refractivity contribution in [3.8, 4) is 0 Å². The van der Waals surface area contributed by atoms with Crippen molar-refractivity contribution in [1.82, 2.24) is 9.88 Å². The predicted molar refractivity (Wildman–Crippen MR) is 95.3 cm³/mol. The van der Waals surface area contributed by atoms with E-state index in [2.05, 4.69) is 15.6 Å². The average molecular weight is 362 g/mol. The number of piperidine rings is 1. The lowest BCUT2D eigenvalue weighted by Crippen LogP contribution is -2.36. The largest absolute Gasteiger partial charge is 0.342 e. The Hall–Kier alpha value is -2.48. The molecule has 2 aromatic rings. The summed E-state index contributed by atoms with van der Waals surface area (Å²) in [6, 6.07) is 5.01. The number of urea groups is 1. The maximum atomic E-state index is 12.8. The molecule has 8 heteroatoms. The van der Waals surface area contributed by atoms with Crippen LogP contribution in [0.25, 0.3) is 0 Å². The summed E-state index contributed by atoms with van der Waals surface area (Å²) in [5, 5.41) is 7.40. The van der Waals surface area contributed by atoms with Crippen molar-refractivity contribution in [2.75, 3.05) is 23.7 Å². The van der Waals surface area contributed by atoms with E-state index in [4.69, 9.17) is 0 Å². The van der Waals surface area contributed by atoms with Gasteiger partial charge in [-0.3, -0.25) is 10.1 Å². The van der Waals surface area contributed by atoms with Crippen molar-refractivity contribution >= 4 is 34.1 Å². The summed E-state index contributed by atoms with van der Waals surface area (Å²) in [5.74, 6) is -0.291. The Morgan fingerprint density at radius 2 is 1.84 bits per heavy atom. The van der Waals surface area contributed by atoms with Crippen LogP contribution in [0.4, 0.5) is 20.0 Å². The third kappa shape index (κ3) is 4.99. The summed E-state index contributed by atoms with van der Waals surface area (Å²) >= 11 is 1.27. The zero-order valence-electron chi connectivity index (χ0n) is 13.6. The highest BCUT2D eigenvalue weighted by Gasteiger charge is 2.18. The highest BCUT2D eigenvalue weighted by atomic mass is 32.1. The van der Waals surface area contributed by atoms with E-state index >= 15 is 0 Å². The van der Waals surface area contributed by atoms with Gasteiger partial charge in [0, 0.05) is 24.2 Å². The van der Waals surface area contributed by atoms with Gasteiger partial charge < -0.3 is 10.2 Å². The van der Waals surface area contributed by atoms with Gasteiger partial charge in [0.25, 0.3) is 0 Å². The van der Waals surface area contributed by atoms with Crippen LogP contribution in [0.2, 0.25) is 0 Å². The Morgan fingerprint density at radius 1 is 1.12 bits per heavy atom. The number of halogens is 1. The number of hydrogen-bond acceptors (Lipinski definition) is 4. The fraction of sp³-hybridized carbons (Fsp3) is 0.353. The second kappa shape index (κ2) is 8.06. The smallest absolute Gasteiger partial charge is 0.325 e. The normalized spacial score (nSPS) is 14.2. The van der Waals surface area contributed by atoms with Gasteiger partial charge in [-0.05, 0) is 43.5 Å². The minimum atomic E-state index is -0.463. The topological polar surface area (TPSA) is 74.3 Å². The van der Waals surface area contributed by atoms with E-state index in [0.29, 0.717) is 16.5 Å². The lowest BCUT2D eigenvalue weighted by atomic mass is 10.1. The molecular formula is C17H19FN4O2S. The molecule has 1 aromatic carbocycles.